The molecule has 0 aliphatic rings. The van der Waals surface area contributed by atoms with Crippen LogP contribution >= 0.6 is 0 Å². The van der Waals surface area contributed by atoms with E-state index in [1.165, 1.54) is 0 Å². The lowest BCUT2D eigenvalue weighted by molar-refractivity contribution is 0.301. The van der Waals surface area contributed by atoms with Gasteiger partial charge in [0.1, 0.15) is 12.4 Å². The number of nitrogens with one attached hydrogen (secondary N) is 2. The van der Waals surface area contributed by atoms with E-state index in [1.807, 2.05) is 42.5 Å². The van der Waals surface area contributed by atoms with Gasteiger partial charge in [-0.25, -0.2) is 0 Å². The van der Waals surface area contributed by atoms with Crippen LogP contribution in [0.4, 0.5) is 0 Å². The first-order valence-electron chi connectivity index (χ1n) is 7.49. The molecule has 0 saturated carbocycles. The summed E-state index contributed by atoms with van der Waals surface area (Å²) >= 11 is 0. The number of hydrogen-bond acceptors (Lipinski definition) is 3. The molecule has 0 aliphatic carbocycles. The first-order chi connectivity index (χ1) is 11.3. The van der Waals surface area contributed by atoms with Gasteiger partial charge in [0.15, 0.2) is 5.96 Å². The van der Waals surface area contributed by atoms with Crippen LogP contribution in [0.5, 0.6) is 5.75 Å². The highest BCUT2D eigenvalue weighted by Gasteiger charge is 2.00. The number of ether oxygens (including phenoxy) is 1. The van der Waals surface area contributed by atoms with Crippen molar-refractivity contribution >= 4 is 5.96 Å². The molecule has 0 unspecified atom stereocenters. The molecule has 0 atom stereocenters. The molecule has 120 valence electrons. The quantitative estimate of drug-likeness (QED) is 0.469. The van der Waals surface area contributed by atoms with Crippen LogP contribution in [0.3, 0.4) is 0 Å². The summed E-state index contributed by atoms with van der Waals surface area (Å²) in [5.41, 5.74) is 2.02. The molecule has 1 aromatic carbocycles. The number of benzene rings is 1. The van der Waals surface area contributed by atoms with Crippen LogP contribution in [0.15, 0.2) is 66.3 Å². The van der Waals surface area contributed by atoms with Crippen LogP contribution in [0.25, 0.3) is 0 Å². The van der Waals surface area contributed by atoms with Crippen LogP contribution in [-0.2, 0) is 13.2 Å². The van der Waals surface area contributed by atoms with Crippen molar-refractivity contribution in [3.63, 3.8) is 0 Å². The molecule has 1 aromatic heterocycles. The Morgan fingerprint density at radius 3 is 2.91 bits per heavy atom. The zero-order valence-corrected chi connectivity index (χ0v) is 13.3. The summed E-state index contributed by atoms with van der Waals surface area (Å²) in [7, 11) is 1.74. The van der Waals surface area contributed by atoms with E-state index in [-0.39, 0.29) is 0 Å². The Bertz CT molecular complexity index is 640. The number of rotatable bonds is 7. The SMILES string of the molecule is C=CCNC(=NC)NCc1cccc(OCc2ccccn2)c1. The van der Waals surface area contributed by atoms with Crippen LogP contribution in [0.1, 0.15) is 11.3 Å². The van der Waals surface area contributed by atoms with Crippen molar-refractivity contribution in [1.82, 2.24) is 15.6 Å². The molecule has 2 N–H and O–H groups in total. The predicted molar refractivity (Wildman–Crippen MR) is 93.4 cm³/mol. The second-order valence-electron chi connectivity index (χ2n) is 4.85. The fourth-order valence-electron chi connectivity index (χ4n) is 1.96. The maximum Gasteiger partial charge on any atom is 0.191 e. The minimum atomic E-state index is 0.459. The lowest BCUT2D eigenvalue weighted by Crippen LogP contribution is -2.36. The van der Waals surface area contributed by atoms with Gasteiger partial charge in [-0.15, -0.1) is 6.58 Å². The third kappa shape index (κ3) is 5.82. The highest BCUT2D eigenvalue weighted by atomic mass is 16.5. The van der Waals surface area contributed by atoms with Gasteiger partial charge in [0.2, 0.25) is 0 Å². The van der Waals surface area contributed by atoms with Crippen LogP contribution in [-0.4, -0.2) is 24.5 Å². The van der Waals surface area contributed by atoms with Crippen molar-refractivity contribution < 1.29 is 4.74 Å². The maximum absolute atomic E-state index is 5.78. The van der Waals surface area contributed by atoms with Gasteiger partial charge in [0.05, 0.1) is 5.69 Å². The molecule has 2 aromatic rings. The van der Waals surface area contributed by atoms with E-state index in [2.05, 4.69) is 27.2 Å². The molecule has 0 fully saturated rings. The number of guanidine groups is 1. The Morgan fingerprint density at radius 1 is 1.26 bits per heavy atom. The Kier molecular flexibility index (Phi) is 6.65. The van der Waals surface area contributed by atoms with Crippen LogP contribution < -0.4 is 15.4 Å². The predicted octanol–water partition coefficient (Wildman–Crippen LogP) is 2.51. The number of pyridine rings is 1. The van der Waals surface area contributed by atoms with E-state index in [0.29, 0.717) is 19.7 Å². The van der Waals surface area contributed by atoms with E-state index < -0.39 is 0 Å². The molecule has 0 spiro atoms. The maximum atomic E-state index is 5.78. The average molecular weight is 310 g/mol. The Balaban J connectivity index is 1.88. The lowest BCUT2D eigenvalue weighted by atomic mass is 10.2. The molecule has 0 bridgehead atoms. The monoisotopic (exact) mass is 310 g/mol. The first-order valence-corrected chi connectivity index (χ1v) is 7.49. The molecule has 23 heavy (non-hydrogen) atoms. The zero-order valence-electron chi connectivity index (χ0n) is 13.3. The molecular formula is C18H22N4O. The van der Waals surface area contributed by atoms with E-state index in [4.69, 9.17) is 4.74 Å². The number of nitrogens with zero attached hydrogens (tertiary/aromatic N) is 2. The van der Waals surface area contributed by atoms with Crippen molar-refractivity contribution in [3.05, 3.63) is 72.6 Å². The third-order valence-electron chi connectivity index (χ3n) is 3.11. The molecule has 1 heterocycles. The van der Waals surface area contributed by atoms with Gasteiger partial charge < -0.3 is 15.4 Å². The standard InChI is InChI=1S/C18H22N4O/c1-3-10-21-18(19-2)22-13-15-7-6-9-17(12-15)23-14-16-8-4-5-11-20-16/h3-9,11-12H,1,10,13-14H2,2H3,(H2,19,21,22). The van der Waals surface area contributed by atoms with Gasteiger partial charge in [-0.1, -0.05) is 24.3 Å². The zero-order chi connectivity index (χ0) is 16.3. The molecule has 0 radical (unpaired) electrons. The summed E-state index contributed by atoms with van der Waals surface area (Å²) in [6, 6.07) is 13.8. The lowest BCUT2D eigenvalue weighted by Gasteiger charge is -2.11. The normalized spacial score (nSPS) is 10.9. The fourth-order valence-corrected chi connectivity index (χ4v) is 1.96. The van der Waals surface area contributed by atoms with Gasteiger partial charge in [0, 0.05) is 26.3 Å². The van der Waals surface area contributed by atoms with Crippen molar-refractivity contribution in [1.29, 1.82) is 0 Å². The minimum absolute atomic E-state index is 0.459. The number of aliphatic imine (C=N–C) groups is 1. The first kappa shape index (κ1) is 16.5. The van der Waals surface area contributed by atoms with Gasteiger partial charge in [-0.3, -0.25) is 9.98 Å². The summed E-state index contributed by atoms with van der Waals surface area (Å²) in [6.45, 7) is 5.47. The van der Waals surface area contributed by atoms with Crippen LogP contribution in [0, 0.1) is 0 Å². The smallest absolute Gasteiger partial charge is 0.191 e. The fraction of sp³-hybridized carbons (Fsp3) is 0.222. The van der Waals surface area contributed by atoms with Gasteiger partial charge >= 0.3 is 0 Å². The van der Waals surface area contributed by atoms with Gasteiger partial charge in [0.25, 0.3) is 0 Å². The van der Waals surface area contributed by atoms with Crippen molar-refractivity contribution in [2.24, 2.45) is 4.99 Å². The minimum Gasteiger partial charge on any atom is -0.487 e. The largest absolute Gasteiger partial charge is 0.487 e. The van der Waals surface area contributed by atoms with Crippen molar-refractivity contribution in [3.8, 4) is 5.75 Å². The summed E-state index contributed by atoms with van der Waals surface area (Å²) in [5.74, 6) is 1.56. The van der Waals surface area contributed by atoms with Gasteiger partial charge in [-0.2, -0.15) is 0 Å². The summed E-state index contributed by atoms with van der Waals surface area (Å²) in [6.07, 6.45) is 3.56. The average Bonchev–Trinajstić information content (AvgIpc) is 2.61. The van der Waals surface area contributed by atoms with Gasteiger partial charge in [-0.05, 0) is 29.8 Å². The molecule has 5 nitrogen and oxygen atoms in total. The molecule has 0 saturated heterocycles. The molecule has 0 amide bonds. The third-order valence-corrected chi connectivity index (χ3v) is 3.11. The topological polar surface area (TPSA) is 58.5 Å². The summed E-state index contributed by atoms with van der Waals surface area (Å²) < 4.78 is 5.78. The molecular weight excluding hydrogens is 288 g/mol. The number of hydrogen-bond donors (Lipinski definition) is 2. The van der Waals surface area contributed by atoms with E-state index >= 15 is 0 Å². The van der Waals surface area contributed by atoms with E-state index in [0.717, 1.165) is 23.0 Å². The van der Waals surface area contributed by atoms with E-state index in [1.54, 1.807) is 19.3 Å². The second kappa shape index (κ2) is 9.25. The summed E-state index contributed by atoms with van der Waals surface area (Å²) in [4.78, 5) is 8.39. The highest BCUT2D eigenvalue weighted by Crippen LogP contribution is 2.14. The number of aromatic nitrogens is 1. The van der Waals surface area contributed by atoms with Crippen molar-refractivity contribution in [2.75, 3.05) is 13.6 Å². The Morgan fingerprint density at radius 2 is 2.17 bits per heavy atom. The second-order valence-corrected chi connectivity index (χ2v) is 4.85. The Hall–Kier alpha value is -2.82. The molecule has 0 aliphatic heterocycles. The van der Waals surface area contributed by atoms with Crippen molar-refractivity contribution in [2.45, 2.75) is 13.2 Å². The van der Waals surface area contributed by atoms with E-state index in [9.17, 15) is 0 Å². The molecule has 2 rings (SSSR count). The van der Waals surface area contributed by atoms with Crippen LogP contribution in [0.2, 0.25) is 0 Å². The summed E-state index contributed by atoms with van der Waals surface area (Å²) in [5, 5.41) is 6.38. The highest BCUT2D eigenvalue weighted by molar-refractivity contribution is 5.79. The molecule has 5 heteroatoms. The Labute approximate surface area is 137 Å².